The highest BCUT2D eigenvalue weighted by atomic mass is 32.2. The molecule has 0 saturated carbocycles. The Balaban J connectivity index is 1.52. The average molecular weight is 655 g/mol. The highest BCUT2D eigenvalue weighted by Gasteiger charge is 2.38. The van der Waals surface area contributed by atoms with E-state index in [0.29, 0.717) is 17.4 Å². The molecule has 4 rings (SSSR count). The summed E-state index contributed by atoms with van der Waals surface area (Å²) in [5.41, 5.74) is 6.34. The minimum atomic E-state index is -4.04. The first-order valence-electron chi connectivity index (χ1n) is 15.5. The Morgan fingerprint density at radius 2 is 1.65 bits per heavy atom. The topological polar surface area (TPSA) is 151 Å². The Morgan fingerprint density at radius 1 is 1.00 bits per heavy atom. The quantitative estimate of drug-likeness (QED) is 0.219. The van der Waals surface area contributed by atoms with Crippen LogP contribution in [0.4, 0.5) is 0 Å². The second-order valence-electron chi connectivity index (χ2n) is 11.9. The van der Waals surface area contributed by atoms with Crippen LogP contribution in [0.3, 0.4) is 0 Å². The van der Waals surface area contributed by atoms with Crippen LogP contribution in [0.1, 0.15) is 72.2 Å². The number of amides is 4. The summed E-state index contributed by atoms with van der Waals surface area (Å²) < 4.78 is 31.9. The zero-order chi connectivity index (χ0) is 33.3. The molecule has 248 valence electrons. The molecule has 0 aromatic heterocycles. The zero-order valence-electron chi connectivity index (χ0n) is 26.4. The van der Waals surface area contributed by atoms with Gasteiger partial charge >= 0.3 is 0 Å². The number of sulfonamides is 1. The third-order valence-corrected chi connectivity index (χ3v) is 8.93. The van der Waals surface area contributed by atoms with Crippen molar-refractivity contribution >= 4 is 39.7 Å². The molecular weight excluding hydrogens is 612 g/mol. The summed E-state index contributed by atoms with van der Waals surface area (Å²) in [6.07, 6.45) is 6.80. The number of rotatable bonds is 15. The molecule has 0 aliphatic carbocycles. The van der Waals surface area contributed by atoms with Gasteiger partial charge in [0.05, 0.1) is 35.8 Å². The number of ether oxygens (including phenoxy) is 1. The predicted octanol–water partition coefficient (Wildman–Crippen LogP) is 3.53. The Kier molecular flexibility index (Phi) is 12.2. The van der Waals surface area contributed by atoms with Crippen molar-refractivity contribution in [2.75, 3.05) is 26.0 Å². The van der Waals surface area contributed by atoms with Crippen LogP contribution in [0, 0.1) is 17.8 Å². The molecule has 0 radical (unpaired) electrons. The van der Waals surface area contributed by atoms with Gasteiger partial charge in [0.1, 0.15) is 0 Å². The van der Waals surface area contributed by atoms with Crippen molar-refractivity contribution in [2.45, 2.75) is 52.2 Å². The molecule has 2 aliphatic heterocycles. The highest BCUT2D eigenvalue weighted by Crippen LogP contribution is 2.27. The van der Waals surface area contributed by atoms with Gasteiger partial charge in [-0.3, -0.25) is 29.5 Å². The molecule has 3 atom stereocenters. The lowest BCUT2D eigenvalue weighted by molar-refractivity contribution is -0.203. The van der Waals surface area contributed by atoms with Gasteiger partial charge in [-0.1, -0.05) is 68.5 Å². The van der Waals surface area contributed by atoms with Crippen LogP contribution in [-0.2, 0) is 29.2 Å². The lowest BCUT2D eigenvalue weighted by Gasteiger charge is -2.30. The molecule has 2 N–H and O–H groups in total. The van der Waals surface area contributed by atoms with Gasteiger partial charge in [0.25, 0.3) is 11.8 Å². The number of hydrazine groups is 1. The lowest BCUT2D eigenvalue weighted by Crippen LogP contribution is -2.53. The van der Waals surface area contributed by atoms with Gasteiger partial charge in [0.2, 0.25) is 21.8 Å². The maximum Gasteiger partial charge on any atom is 0.261 e. The van der Waals surface area contributed by atoms with Gasteiger partial charge < -0.3 is 4.74 Å². The molecule has 0 spiro atoms. The first kappa shape index (κ1) is 35.0. The van der Waals surface area contributed by atoms with Gasteiger partial charge in [0, 0.05) is 19.6 Å². The summed E-state index contributed by atoms with van der Waals surface area (Å²) in [5, 5.41) is 0. The van der Waals surface area contributed by atoms with E-state index < -0.39 is 51.8 Å². The molecule has 1 fully saturated rings. The zero-order valence-corrected chi connectivity index (χ0v) is 27.2. The fraction of sp³-hybridized carbons (Fsp3) is 0.455. The van der Waals surface area contributed by atoms with Crippen molar-refractivity contribution in [1.29, 1.82) is 0 Å². The first-order valence-corrected chi connectivity index (χ1v) is 17.3. The molecule has 4 amide bonds. The summed E-state index contributed by atoms with van der Waals surface area (Å²) >= 11 is 0. The number of nitrogens with one attached hydrogen (secondary N) is 2. The number of carbonyl (C=O) groups excluding carboxylic acids is 4. The average Bonchev–Trinajstić information content (AvgIpc) is 3.28. The minimum absolute atomic E-state index is 0.0308. The highest BCUT2D eigenvalue weighted by molar-refractivity contribution is 7.88. The molecule has 2 aromatic carbocycles. The van der Waals surface area contributed by atoms with Crippen LogP contribution in [-0.4, -0.2) is 73.6 Å². The van der Waals surface area contributed by atoms with Crippen LogP contribution in [0.2, 0.25) is 0 Å². The number of hydrogen-bond donors (Lipinski definition) is 2. The SMILES string of the molecule is CC(C)C[C@@H](C(=O)NN(CCN1C(=O)c2ccccc2C1=O)S(C)(=O)=O)[C@H](CC=Cc1ccccc1)C(=O)NOC1CCCCO1. The fourth-order valence-corrected chi connectivity index (χ4v) is 6.15. The van der Waals surface area contributed by atoms with Gasteiger partial charge in [-0.15, -0.1) is 4.41 Å². The maximum atomic E-state index is 13.9. The number of hydrogen-bond acceptors (Lipinski definition) is 8. The van der Waals surface area contributed by atoms with Crippen LogP contribution in [0.25, 0.3) is 6.08 Å². The standard InChI is InChI=1S/C33H42N4O8S/c1-23(2)22-28(25(17-11-14-24-12-5-4-6-13-24)31(39)35-45-29-18-9-10-21-44-29)30(38)34-37(46(3,42)43)20-19-36-32(40)26-15-7-8-16-27(26)33(36)41/h4-8,11-16,23,25,28-29H,9-10,17-22H2,1-3H3,(H,34,38)(H,35,39)/t25-,28+,29?/m0/s1. The van der Waals surface area contributed by atoms with Crippen molar-refractivity contribution < 1.29 is 37.2 Å². The fourth-order valence-electron chi connectivity index (χ4n) is 5.48. The molecule has 46 heavy (non-hydrogen) atoms. The normalized spacial score (nSPS) is 18.2. The lowest BCUT2D eigenvalue weighted by atomic mass is 9.82. The molecule has 2 aromatic rings. The summed E-state index contributed by atoms with van der Waals surface area (Å²) in [6.45, 7) is 3.66. The van der Waals surface area contributed by atoms with Gasteiger partial charge in [-0.05, 0) is 49.3 Å². The molecule has 2 aliphatic rings. The van der Waals surface area contributed by atoms with Crippen molar-refractivity contribution in [3.05, 3.63) is 77.4 Å². The Labute approximate surface area is 270 Å². The van der Waals surface area contributed by atoms with E-state index in [1.54, 1.807) is 18.2 Å². The van der Waals surface area contributed by atoms with E-state index in [0.717, 1.165) is 29.6 Å². The molecule has 2 heterocycles. The van der Waals surface area contributed by atoms with E-state index in [1.807, 2.05) is 50.3 Å². The molecular formula is C33H42N4O8S. The molecule has 0 bridgehead atoms. The Bertz CT molecular complexity index is 1490. The number of nitrogens with zero attached hydrogens (tertiary/aromatic N) is 2. The maximum absolute atomic E-state index is 13.9. The number of hydroxylamine groups is 1. The van der Waals surface area contributed by atoms with E-state index >= 15 is 0 Å². The monoisotopic (exact) mass is 654 g/mol. The number of fused-ring (bicyclic) bond motifs is 1. The molecule has 1 unspecified atom stereocenters. The van der Waals surface area contributed by atoms with Gasteiger partial charge in [-0.25, -0.2) is 18.7 Å². The Hall–Kier alpha value is -3.91. The first-order chi connectivity index (χ1) is 22.0. The minimum Gasteiger partial charge on any atom is -0.350 e. The second kappa shape index (κ2) is 16.1. The van der Waals surface area contributed by atoms with Crippen molar-refractivity contribution in [3.63, 3.8) is 0 Å². The van der Waals surface area contributed by atoms with Gasteiger partial charge in [0.15, 0.2) is 6.29 Å². The second-order valence-corrected chi connectivity index (χ2v) is 13.8. The van der Waals surface area contributed by atoms with E-state index in [2.05, 4.69) is 10.9 Å². The molecule has 1 saturated heterocycles. The summed E-state index contributed by atoms with van der Waals surface area (Å²) in [6, 6.07) is 15.8. The van der Waals surface area contributed by atoms with Crippen molar-refractivity contribution in [1.82, 2.24) is 20.2 Å². The third-order valence-electron chi connectivity index (χ3n) is 7.85. The van der Waals surface area contributed by atoms with E-state index in [4.69, 9.17) is 9.57 Å². The largest absolute Gasteiger partial charge is 0.350 e. The van der Waals surface area contributed by atoms with E-state index in [9.17, 15) is 27.6 Å². The van der Waals surface area contributed by atoms with Crippen molar-refractivity contribution in [3.8, 4) is 0 Å². The molecule has 13 heteroatoms. The third kappa shape index (κ3) is 9.32. The molecule has 12 nitrogen and oxygen atoms in total. The number of allylic oxidation sites excluding steroid dienone is 1. The van der Waals surface area contributed by atoms with Crippen LogP contribution in [0.5, 0.6) is 0 Å². The summed E-state index contributed by atoms with van der Waals surface area (Å²) in [4.78, 5) is 59.7. The summed E-state index contributed by atoms with van der Waals surface area (Å²) in [5.74, 6) is -4.22. The number of benzene rings is 2. The van der Waals surface area contributed by atoms with Crippen molar-refractivity contribution in [2.24, 2.45) is 17.8 Å². The van der Waals surface area contributed by atoms with E-state index in [-0.39, 0.29) is 43.0 Å². The van der Waals surface area contributed by atoms with E-state index in [1.165, 1.54) is 12.1 Å². The van der Waals surface area contributed by atoms with Gasteiger partial charge in [-0.2, -0.15) is 0 Å². The van der Waals surface area contributed by atoms with Crippen LogP contribution < -0.4 is 10.9 Å². The Morgan fingerprint density at radius 3 is 2.24 bits per heavy atom. The smallest absolute Gasteiger partial charge is 0.261 e. The predicted molar refractivity (Wildman–Crippen MR) is 171 cm³/mol. The van der Waals surface area contributed by atoms with Crippen LogP contribution in [0.15, 0.2) is 60.7 Å². The summed E-state index contributed by atoms with van der Waals surface area (Å²) in [7, 11) is -4.04. The van der Waals surface area contributed by atoms with Crippen LogP contribution >= 0.6 is 0 Å². The number of imide groups is 1. The number of carbonyl (C=O) groups is 4.